The van der Waals surface area contributed by atoms with E-state index in [1.165, 1.54) is 23.1 Å². The molecule has 0 spiro atoms. The lowest BCUT2D eigenvalue weighted by Gasteiger charge is -2.15. The molecule has 0 atom stereocenters. The van der Waals surface area contributed by atoms with E-state index in [9.17, 15) is 20.0 Å². The maximum absolute atomic E-state index is 12.9. The minimum atomic E-state index is -0.718. The van der Waals surface area contributed by atoms with Crippen molar-refractivity contribution < 1.29 is 19.6 Å². The van der Waals surface area contributed by atoms with Gasteiger partial charge >= 0.3 is 5.69 Å². The summed E-state index contributed by atoms with van der Waals surface area (Å²) < 4.78 is 6.25. The topological polar surface area (TPSA) is 92.9 Å². The number of benzene rings is 2. The van der Waals surface area contributed by atoms with Gasteiger partial charge in [-0.25, -0.2) is 0 Å². The zero-order chi connectivity index (χ0) is 21.3. The Morgan fingerprint density at radius 1 is 1.41 bits per heavy atom. The zero-order valence-electron chi connectivity index (χ0n) is 14.7. The number of halogens is 2. The monoisotopic (exact) mass is 514 g/mol. The van der Waals surface area contributed by atoms with E-state index in [-0.39, 0.29) is 23.2 Å². The van der Waals surface area contributed by atoms with Crippen molar-refractivity contribution in [3.8, 4) is 11.5 Å². The van der Waals surface area contributed by atoms with Gasteiger partial charge in [-0.1, -0.05) is 35.6 Å². The van der Waals surface area contributed by atoms with Crippen LogP contribution in [0.2, 0.25) is 5.02 Å². The van der Waals surface area contributed by atoms with Crippen molar-refractivity contribution in [2.24, 2.45) is 0 Å². The number of anilines is 1. The van der Waals surface area contributed by atoms with Crippen molar-refractivity contribution in [3.63, 3.8) is 0 Å². The predicted molar refractivity (Wildman–Crippen MR) is 121 cm³/mol. The number of thioether (sulfide) groups is 1. The van der Waals surface area contributed by atoms with Crippen LogP contribution in [0, 0.1) is 10.1 Å². The highest BCUT2D eigenvalue weighted by Gasteiger charge is 2.34. The summed E-state index contributed by atoms with van der Waals surface area (Å²) in [6, 6.07) is 7.60. The Morgan fingerprint density at radius 2 is 2.14 bits per heavy atom. The van der Waals surface area contributed by atoms with Crippen LogP contribution in [0.4, 0.5) is 11.4 Å². The fourth-order valence-corrected chi connectivity index (χ4v) is 4.29. The molecule has 0 unspecified atom stereocenters. The van der Waals surface area contributed by atoms with Crippen molar-refractivity contribution in [1.29, 1.82) is 0 Å². The molecule has 1 aliphatic rings. The first-order valence-corrected chi connectivity index (χ1v) is 10.5. The third-order valence-corrected chi connectivity index (χ3v) is 6.36. The normalized spacial score (nSPS) is 15.3. The number of hydrogen-bond acceptors (Lipinski definition) is 7. The van der Waals surface area contributed by atoms with Crippen LogP contribution in [-0.2, 0) is 4.79 Å². The Labute approximate surface area is 188 Å². The van der Waals surface area contributed by atoms with E-state index in [1.807, 2.05) is 0 Å². The summed E-state index contributed by atoms with van der Waals surface area (Å²) in [7, 11) is 0. The molecule has 1 fully saturated rings. The number of carbonyl (C=O) groups is 1. The summed E-state index contributed by atoms with van der Waals surface area (Å²) in [4.78, 5) is 25.0. The fraction of sp³-hybridized carbons (Fsp3) is 0.111. The Hall–Kier alpha value is -2.14. The van der Waals surface area contributed by atoms with E-state index in [0.29, 0.717) is 25.1 Å². The average molecular weight is 516 g/mol. The summed E-state index contributed by atoms with van der Waals surface area (Å²) in [6.07, 6.45) is 1.47. The lowest BCUT2D eigenvalue weighted by Crippen LogP contribution is -2.27. The molecular formula is C18H12BrClN2O5S2. The van der Waals surface area contributed by atoms with Crippen LogP contribution in [0.5, 0.6) is 11.5 Å². The van der Waals surface area contributed by atoms with Crippen molar-refractivity contribution in [2.75, 3.05) is 11.5 Å². The van der Waals surface area contributed by atoms with Gasteiger partial charge in [-0.3, -0.25) is 19.8 Å². The van der Waals surface area contributed by atoms with Crippen LogP contribution in [0.15, 0.2) is 39.7 Å². The number of nitro groups is 1. The second kappa shape index (κ2) is 8.70. The van der Waals surface area contributed by atoms with Crippen molar-refractivity contribution in [3.05, 3.63) is 60.4 Å². The first-order valence-electron chi connectivity index (χ1n) is 8.10. The number of hydrogen-bond donors (Lipinski definition) is 1. The second-order valence-corrected chi connectivity index (χ2v) is 8.63. The van der Waals surface area contributed by atoms with Crippen molar-refractivity contribution >= 4 is 79.2 Å². The largest absolute Gasteiger partial charge is 0.500 e. The zero-order valence-corrected chi connectivity index (χ0v) is 18.7. The minimum Gasteiger partial charge on any atom is -0.500 e. The van der Waals surface area contributed by atoms with Gasteiger partial charge in [-0.05, 0) is 58.8 Å². The number of aromatic hydroxyl groups is 1. The van der Waals surface area contributed by atoms with Gasteiger partial charge < -0.3 is 9.84 Å². The van der Waals surface area contributed by atoms with E-state index < -0.39 is 16.4 Å². The molecule has 2 aromatic rings. The van der Waals surface area contributed by atoms with Gasteiger partial charge in [0.05, 0.1) is 27.1 Å². The van der Waals surface area contributed by atoms with Gasteiger partial charge in [-0.15, -0.1) is 0 Å². The lowest BCUT2D eigenvalue weighted by atomic mass is 10.1. The lowest BCUT2D eigenvalue weighted by molar-refractivity contribution is -0.386. The number of nitrogens with zero attached hydrogens (tertiary/aromatic N) is 2. The van der Waals surface area contributed by atoms with Gasteiger partial charge in [0.15, 0.2) is 10.1 Å². The minimum absolute atomic E-state index is 0.0388. The molecule has 1 aliphatic heterocycles. The Bertz CT molecular complexity index is 1080. The van der Waals surface area contributed by atoms with E-state index in [2.05, 4.69) is 15.9 Å². The van der Waals surface area contributed by atoms with Gasteiger partial charge in [0.25, 0.3) is 5.91 Å². The molecule has 1 N–H and O–H groups in total. The Balaban J connectivity index is 2.01. The van der Waals surface area contributed by atoms with E-state index >= 15 is 0 Å². The molecule has 7 nitrogen and oxygen atoms in total. The van der Waals surface area contributed by atoms with E-state index in [1.54, 1.807) is 25.1 Å². The second-order valence-electron chi connectivity index (χ2n) is 5.69. The number of phenolic OH excluding ortho intramolecular Hbond substituents is 1. The number of carbonyl (C=O) groups excluding carboxylic acids is 1. The highest BCUT2D eigenvalue weighted by molar-refractivity contribution is 9.10. The maximum atomic E-state index is 12.9. The molecule has 11 heteroatoms. The molecule has 29 heavy (non-hydrogen) atoms. The fourth-order valence-electron chi connectivity index (χ4n) is 2.57. The quantitative estimate of drug-likeness (QED) is 0.242. The molecule has 150 valence electrons. The summed E-state index contributed by atoms with van der Waals surface area (Å²) in [5, 5.41) is 21.7. The Kier molecular flexibility index (Phi) is 6.47. The van der Waals surface area contributed by atoms with E-state index in [0.717, 1.165) is 11.8 Å². The molecule has 2 aromatic carbocycles. The van der Waals surface area contributed by atoms with Crippen LogP contribution in [0.1, 0.15) is 12.5 Å². The van der Waals surface area contributed by atoms with Gasteiger partial charge in [0, 0.05) is 10.5 Å². The number of thiocarbonyl (C=S) groups is 1. The van der Waals surface area contributed by atoms with Gasteiger partial charge in [0.2, 0.25) is 5.75 Å². The first kappa shape index (κ1) is 21.6. The molecular weight excluding hydrogens is 504 g/mol. The smallest absolute Gasteiger partial charge is 0.315 e. The standard InChI is InChI=1S/C18H12BrClN2O5S2/c1-2-27-14-6-9(5-13(16(14)23)22(25)26)7-15-17(24)21(18(28)29-15)10-3-4-11(19)12(20)8-10/h3-8,23H,2H2,1H3/b15-7-. The summed E-state index contributed by atoms with van der Waals surface area (Å²) in [5.41, 5.74) is 0.320. The SMILES string of the molecule is CCOc1cc(/C=C2\SC(=S)N(c3ccc(Br)c(Cl)c3)C2=O)cc([N+](=O)[O-])c1O. The van der Waals surface area contributed by atoms with Crippen LogP contribution in [-0.4, -0.2) is 26.9 Å². The average Bonchev–Trinajstić information content (AvgIpc) is 2.93. The number of phenols is 1. The Morgan fingerprint density at radius 3 is 2.76 bits per heavy atom. The highest BCUT2D eigenvalue weighted by Crippen LogP contribution is 2.41. The third kappa shape index (κ3) is 4.40. The summed E-state index contributed by atoms with van der Waals surface area (Å²) >= 11 is 15.8. The molecule has 0 aromatic heterocycles. The molecule has 1 heterocycles. The molecule has 1 saturated heterocycles. The van der Waals surface area contributed by atoms with Crippen LogP contribution >= 0.6 is 51.5 Å². The van der Waals surface area contributed by atoms with Crippen molar-refractivity contribution in [2.45, 2.75) is 6.92 Å². The van der Waals surface area contributed by atoms with Gasteiger partial charge in [-0.2, -0.15) is 0 Å². The molecule has 0 radical (unpaired) electrons. The summed E-state index contributed by atoms with van der Waals surface area (Å²) in [6.45, 7) is 1.90. The highest BCUT2D eigenvalue weighted by atomic mass is 79.9. The molecule has 0 aliphatic carbocycles. The maximum Gasteiger partial charge on any atom is 0.315 e. The molecule has 1 amide bonds. The van der Waals surface area contributed by atoms with Gasteiger partial charge in [0.1, 0.15) is 0 Å². The van der Waals surface area contributed by atoms with E-state index in [4.69, 9.17) is 28.6 Å². The predicted octanol–water partition coefficient (Wildman–Crippen LogP) is 5.52. The number of amides is 1. The summed E-state index contributed by atoms with van der Waals surface area (Å²) in [5.74, 6) is -0.985. The molecule has 3 rings (SSSR count). The number of rotatable bonds is 5. The van der Waals surface area contributed by atoms with Crippen LogP contribution in [0.3, 0.4) is 0 Å². The number of nitro benzene ring substituents is 1. The molecule has 0 saturated carbocycles. The third-order valence-electron chi connectivity index (χ3n) is 3.83. The van der Waals surface area contributed by atoms with Crippen LogP contribution in [0.25, 0.3) is 6.08 Å². The van der Waals surface area contributed by atoms with Crippen molar-refractivity contribution in [1.82, 2.24) is 0 Å². The molecule has 0 bridgehead atoms. The number of ether oxygens (including phenoxy) is 1. The van der Waals surface area contributed by atoms with Crippen LogP contribution < -0.4 is 9.64 Å². The first-order chi connectivity index (χ1) is 13.7.